The third-order valence-electron chi connectivity index (χ3n) is 5.91. The molecule has 162 valence electrons. The number of benzene rings is 1. The normalized spacial score (nSPS) is 30.7. The van der Waals surface area contributed by atoms with Gasteiger partial charge in [0.05, 0.1) is 23.1 Å². The van der Waals surface area contributed by atoms with E-state index in [0.29, 0.717) is 5.56 Å². The van der Waals surface area contributed by atoms with Crippen molar-refractivity contribution in [2.24, 2.45) is 11.8 Å². The summed E-state index contributed by atoms with van der Waals surface area (Å²) in [6, 6.07) is 6.21. The Balaban J connectivity index is 1.79. The van der Waals surface area contributed by atoms with Gasteiger partial charge in [-0.25, -0.2) is 4.90 Å². The molecule has 9 nitrogen and oxygen atoms in total. The molecule has 2 amide bonds. The number of hydrogen-bond donors (Lipinski definition) is 0. The molecular formula is C22H21NO8. The zero-order valence-electron chi connectivity index (χ0n) is 17.4. The summed E-state index contributed by atoms with van der Waals surface area (Å²) in [7, 11) is 0. The van der Waals surface area contributed by atoms with Crippen molar-refractivity contribution in [3.63, 3.8) is 0 Å². The van der Waals surface area contributed by atoms with Crippen LogP contribution in [0.2, 0.25) is 0 Å². The van der Waals surface area contributed by atoms with E-state index in [4.69, 9.17) is 14.2 Å². The van der Waals surface area contributed by atoms with Crippen molar-refractivity contribution >= 4 is 35.2 Å². The van der Waals surface area contributed by atoms with Crippen LogP contribution in [0.1, 0.15) is 38.1 Å². The van der Waals surface area contributed by atoms with Crippen LogP contribution >= 0.6 is 0 Å². The molecule has 2 fully saturated rings. The number of esters is 2. The van der Waals surface area contributed by atoms with E-state index in [2.05, 4.69) is 0 Å². The number of anilines is 1. The molecule has 31 heavy (non-hydrogen) atoms. The van der Waals surface area contributed by atoms with E-state index < -0.39 is 53.1 Å². The second-order valence-corrected chi connectivity index (χ2v) is 8.10. The minimum atomic E-state index is -1.64. The number of ether oxygens (including phenoxy) is 3. The van der Waals surface area contributed by atoms with Crippen LogP contribution in [0.4, 0.5) is 5.69 Å². The van der Waals surface area contributed by atoms with Gasteiger partial charge in [0.15, 0.2) is 11.4 Å². The first-order chi connectivity index (χ1) is 14.5. The predicted molar refractivity (Wildman–Crippen MR) is 105 cm³/mol. The van der Waals surface area contributed by atoms with Gasteiger partial charge in [-0.15, -0.1) is 0 Å². The molecule has 3 aliphatic heterocycles. The van der Waals surface area contributed by atoms with Crippen LogP contribution < -0.4 is 4.90 Å². The third-order valence-corrected chi connectivity index (χ3v) is 5.91. The standard InChI is InChI=1S/C22H21NO8/c1-11(24)14-6-5-7-15(10-14)23-18(27)16-17(19(23)28)22(9-8-21(16,4)31-22)20(29-12(2)25)30-13(3)26/h5-10,16-17,20H,1-4H3/t16-,17+,21+,22+/m0/s1. The van der Waals surface area contributed by atoms with E-state index in [1.165, 1.54) is 19.1 Å². The maximum absolute atomic E-state index is 13.5. The van der Waals surface area contributed by atoms with Crippen molar-refractivity contribution in [2.45, 2.75) is 45.2 Å². The van der Waals surface area contributed by atoms with Crippen LogP contribution in [0, 0.1) is 11.8 Å². The monoisotopic (exact) mass is 427 g/mol. The number of rotatable bonds is 5. The maximum Gasteiger partial charge on any atom is 0.305 e. The topological polar surface area (TPSA) is 116 Å². The zero-order valence-corrected chi connectivity index (χ0v) is 17.4. The fourth-order valence-electron chi connectivity index (χ4n) is 4.68. The molecule has 3 aliphatic rings. The van der Waals surface area contributed by atoms with Crippen LogP contribution in [0.3, 0.4) is 0 Å². The Morgan fingerprint density at radius 2 is 1.61 bits per heavy atom. The molecule has 3 heterocycles. The summed E-state index contributed by atoms with van der Waals surface area (Å²) in [4.78, 5) is 63.0. The molecule has 0 radical (unpaired) electrons. The molecule has 1 aromatic carbocycles. The Morgan fingerprint density at radius 1 is 1.00 bits per heavy atom. The van der Waals surface area contributed by atoms with Crippen molar-refractivity contribution in [2.75, 3.05) is 4.90 Å². The van der Waals surface area contributed by atoms with Gasteiger partial charge in [-0.3, -0.25) is 24.0 Å². The summed E-state index contributed by atoms with van der Waals surface area (Å²) in [5, 5.41) is 0. The highest BCUT2D eigenvalue weighted by atomic mass is 16.7. The lowest BCUT2D eigenvalue weighted by atomic mass is 9.72. The van der Waals surface area contributed by atoms with Crippen molar-refractivity contribution < 1.29 is 38.2 Å². The lowest BCUT2D eigenvalue weighted by Crippen LogP contribution is -2.52. The SMILES string of the molecule is CC(=O)OC(OC(C)=O)[C@]12C=C[C@@](C)(O1)[C@@H]1C(=O)N(c3cccc(C(C)=O)c3)C(=O)[C@@H]12. The van der Waals surface area contributed by atoms with Crippen LogP contribution in [0.5, 0.6) is 0 Å². The number of imide groups is 1. The van der Waals surface area contributed by atoms with Crippen LogP contribution in [-0.2, 0) is 33.4 Å². The van der Waals surface area contributed by atoms with Crippen LogP contribution in [0.15, 0.2) is 36.4 Å². The highest BCUT2D eigenvalue weighted by Crippen LogP contribution is 2.59. The number of Topliss-reactive ketones (excluding diaryl/α,β-unsaturated/α-hetero) is 1. The smallest absolute Gasteiger partial charge is 0.305 e. The summed E-state index contributed by atoms with van der Waals surface area (Å²) >= 11 is 0. The molecule has 1 aromatic rings. The molecular weight excluding hydrogens is 406 g/mol. The second-order valence-electron chi connectivity index (χ2n) is 8.10. The molecule has 0 unspecified atom stereocenters. The number of carbonyl (C=O) groups excluding carboxylic acids is 5. The van der Waals surface area contributed by atoms with E-state index >= 15 is 0 Å². The highest BCUT2D eigenvalue weighted by Gasteiger charge is 2.75. The van der Waals surface area contributed by atoms with Gasteiger partial charge in [0.25, 0.3) is 6.29 Å². The first kappa shape index (κ1) is 20.9. The van der Waals surface area contributed by atoms with E-state index in [9.17, 15) is 24.0 Å². The van der Waals surface area contributed by atoms with Gasteiger partial charge in [-0.1, -0.05) is 18.2 Å². The first-order valence-corrected chi connectivity index (χ1v) is 9.74. The molecule has 4 rings (SSSR count). The molecule has 0 aliphatic carbocycles. The first-order valence-electron chi connectivity index (χ1n) is 9.74. The van der Waals surface area contributed by atoms with E-state index in [0.717, 1.165) is 18.7 Å². The summed E-state index contributed by atoms with van der Waals surface area (Å²) in [5.41, 5.74) is -2.20. The Bertz CT molecular complexity index is 1050. The Labute approximate surface area is 177 Å². The third kappa shape index (κ3) is 2.99. The van der Waals surface area contributed by atoms with E-state index in [1.54, 1.807) is 31.2 Å². The molecule has 2 saturated heterocycles. The minimum Gasteiger partial charge on any atom is -0.422 e. The Hall–Kier alpha value is -3.33. The van der Waals surface area contributed by atoms with E-state index in [-0.39, 0.29) is 11.5 Å². The fraction of sp³-hybridized carbons (Fsp3) is 0.409. The number of hydrogen-bond acceptors (Lipinski definition) is 8. The molecule has 9 heteroatoms. The molecule has 0 N–H and O–H groups in total. The summed E-state index contributed by atoms with van der Waals surface area (Å²) in [5.74, 6) is -4.78. The second kappa shape index (κ2) is 6.84. The number of fused-ring (bicyclic) bond motifs is 5. The zero-order chi connectivity index (χ0) is 22.7. The predicted octanol–water partition coefficient (Wildman–Crippen LogP) is 1.54. The molecule has 4 atom stereocenters. The van der Waals surface area contributed by atoms with E-state index in [1.807, 2.05) is 0 Å². The molecule has 0 spiro atoms. The van der Waals surface area contributed by atoms with Crippen molar-refractivity contribution in [3.05, 3.63) is 42.0 Å². The molecule has 2 bridgehead atoms. The van der Waals surface area contributed by atoms with Gasteiger partial charge in [0.1, 0.15) is 0 Å². The maximum atomic E-state index is 13.5. The van der Waals surface area contributed by atoms with Gasteiger partial charge < -0.3 is 14.2 Å². The lowest BCUT2D eigenvalue weighted by Gasteiger charge is -2.34. The van der Waals surface area contributed by atoms with Gasteiger partial charge in [0, 0.05) is 19.4 Å². The van der Waals surface area contributed by atoms with Crippen molar-refractivity contribution in [3.8, 4) is 0 Å². The minimum absolute atomic E-state index is 0.209. The number of carbonyl (C=O) groups is 5. The Kier molecular flexibility index (Phi) is 4.62. The highest BCUT2D eigenvalue weighted by molar-refractivity contribution is 6.23. The fourth-order valence-corrected chi connectivity index (χ4v) is 4.68. The van der Waals surface area contributed by atoms with Gasteiger partial charge in [-0.2, -0.15) is 0 Å². The van der Waals surface area contributed by atoms with Gasteiger partial charge in [0.2, 0.25) is 11.8 Å². The molecule has 0 aromatic heterocycles. The van der Waals surface area contributed by atoms with Crippen molar-refractivity contribution in [1.29, 1.82) is 0 Å². The quantitative estimate of drug-likeness (QED) is 0.228. The van der Waals surface area contributed by atoms with Crippen LogP contribution in [0.25, 0.3) is 0 Å². The summed E-state index contributed by atoms with van der Waals surface area (Å²) < 4.78 is 16.5. The summed E-state index contributed by atoms with van der Waals surface area (Å²) in [6.07, 6.45) is 1.59. The van der Waals surface area contributed by atoms with Crippen LogP contribution in [-0.4, -0.2) is 47.0 Å². The summed E-state index contributed by atoms with van der Waals surface area (Å²) in [6.45, 7) is 5.31. The number of nitrogens with zero attached hydrogens (tertiary/aromatic N) is 1. The number of ketones is 1. The van der Waals surface area contributed by atoms with Crippen molar-refractivity contribution in [1.82, 2.24) is 0 Å². The lowest BCUT2D eigenvalue weighted by molar-refractivity contribution is -0.231. The Morgan fingerprint density at radius 3 is 2.19 bits per heavy atom. The largest absolute Gasteiger partial charge is 0.422 e. The van der Waals surface area contributed by atoms with Gasteiger partial charge in [-0.05, 0) is 32.1 Å². The molecule has 0 saturated carbocycles. The average molecular weight is 427 g/mol. The van der Waals surface area contributed by atoms with Gasteiger partial charge >= 0.3 is 11.9 Å². The number of amides is 2. The average Bonchev–Trinajstić information content (AvgIpc) is 3.26.